The fourth-order valence-electron chi connectivity index (χ4n) is 4.29. The molecule has 0 bridgehead atoms. The number of hydrogen-bond acceptors (Lipinski definition) is 4. The maximum atomic E-state index is 13.4. The molecular formula is C21H23F2N3O3. The lowest BCUT2D eigenvalue weighted by molar-refractivity contribution is -0.142. The van der Waals surface area contributed by atoms with Gasteiger partial charge in [-0.15, -0.1) is 0 Å². The van der Waals surface area contributed by atoms with Gasteiger partial charge in [0.05, 0.1) is 11.6 Å². The number of fused-ring (bicyclic) bond motifs is 1. The number of aromatic nitrogens is 2. The van der Waals surface area contributed by atoms with Crippen molar-refractivity contribution < 1.29 is 23.4 Å². The van der Waals surface area contributed by atoms with Crippen LogP contribution in [0.2, 0.25) is 0 Å². The van der Waals surface area contributed by atoms with Gasteiger partial charge >= 0.3 is 0 Å². The lowest BCUT2D eigenvalue weighted by atomic mass is 10.0. The zero-order valence-electron chi connectivity index (χ0n) is 16.1. The number of allylic oxidation sites excluding steroid dienone is 2. The highest BCUT2D eigenvalue weighted by molar-refractivity contribution is 5.88. The van der Waals surface area contributed by atoms with E-state index in [1.165, 1.54) is 6.08 Å². The molecule has 1 saturated heterocycles. The number of rotatable bonds is 4. The molecule has 1 N–H and O–H groups in total. The van der Waals surface area contributed by atoms with Gasteiger partial charge in [0.2, 0.25) is 5.91 Å². The zero-order chi connectivity index (χ0) is 20.3. The van der Waals surface area contributed by atoms with Crippen LogP contribution in [0.5, 0.6) is 5.75 Å². The number of aliphatic hydroxyl groups is 1. The second kappa shape index (κ2) is 6.52. The Labute approximate surface area is 166 Å². The van der Waals surface area contributed by atoms with E-state index >= 15 is 0 Å². The molecular weight excluding hydrogens is 380 g/mol. The lowest BCUT2D eigenvalue weighted by Gasteiger charge is -2.36. The number of β-amino-alcohol motifs (C(OH)–C–C–N with tert-alkyl or cyclic N) is 1. The number of aliphatic hydroxyl groups excluding tert-OH is 1. The normalized spacial score (nSPS) is 26.2. The molecule has 154 valence electrons. The highest BCUT2D eigenvalue weighted by Gasteiger charge is 2.48. The van der Waals surface area contributed by atoms with Gasteiger partial charge in [-0.1, -0.05) is 0 Å². The number of nitrogens with zero attached hydrogens (tertiary/aromatic N) is 3. The number of benzene rings is 1. The molecule has 8 heteroatoms. The van der Waals surface area contributed by atoms with E-state index in [2.05, 4.69) is 5.10 Å². The van der Waals surface area contributed by atoms with Crippen LogP contribution in [0, 0.1) is 5.92 Å². The third kappa shape index (κ3) is 3.50. The first kappa shape index (κ1) is 18.5. The Bertz CT molecular complexity index is 1010. The van der Waals surface area contributed by atoms with Gasteiger partial charge < -0.3 is 14.7 Å². The third-order valence-electron chi connectivity index (χ3n) is 6.02. The van der Waals surface area contributed by atoms with Crippen molar-refractivity contribution in [3.63, 3.8) is 0 Å². The van der Waals surface area contributed by atoms with E-state index in [1.54, 1.807) is 9.58 Å². The Morgan fingerprint density at radius 1 is 1.34 bits per heavy atom. The molecule has 2 heterocycles. The number of alkyl halides is 2. The Kier molecular flexibility index (Phi) is 4.17. The van der Waals surface area contributed by atoms with Crippen LogP contribution in [0.4, 0.5) is 8.78 Å². The molecule has 1 amide bonds. The van der Waals surface area contributed by atoms with Gasteiger partial charge in [0.1, 0.15) is 11.5 Å². The number of carbonyl (C=O) groups excluding carboxylic acids is 1. The smallest absolute Gasteiger partial charge is 0.252 e. The zero-order valence-corrected chi connectivity index (χ0v) is 16.1. The average molecular weight is 403 g/mol. The van der Waals surface area contributed by atoms with Crippen molar-refractivity contribution in [3.8, 4) is 5.75 Å². The summed E-state index contributed by atoms with van der Waals surface area (Å²) in [6.45, 7) is 0.811. The predicted molar refractivity (Wildman–Crippen MR) is 102 cm³/mol. The summed E-state index contributed by atoms with van der Waals surface area (Å²) < 4.78 is 34.4. The number of ether oxygens (including phenoxy) is 1. The van der Waals surface area contributed by atoms with Crippen molar-refractivity contribution in [1.29, 1.82) is 0 Å². The molecule has 2 atom stereocenters. The van der Waals surface area contributed by atoms with Gasteiger partial charge in [0.25, 0.3) is 5.92 Å². The lowest BCUT2D eigenvalue weighted by Crippen LogP contribution is -2.54. The van der Waals surface area contributed by atoms with Crippen molar-refractivity contribution in [2.75, 3.05) is 13.1 Å². The quantitative estimate of drug-likeness (QED) is 0.852. The van der Waals surface area contributed by atoms with E-state index in [-0.39, 0.29) is 37.0 Å². The molecule has 1 unspecified atom stereocenters. The van der Waals surface area contributed by atoms with E-state index in [0.717, 1.165) is 22.9 Å². The van der Waals surface area contributed by atoms with Gasteiger partial charge in [-0.3, -0.25) is 9.48 Å². The van der Waals surface area contributed by atoms with Gasteiger partial charge in [-0.05, 0) is 36.1 Å². The fourth-order valence-corrected chi connectivity index (χ4v) is 4.29. The van der Waals surface area contributed by atoms with Crippen molar-refractivity contribution in [3.05, 3.63) is 35.7 Å². The number of aryl methyl sites for hydroxylation is 1. The summed E-state index contributed by atoms with van der Waals surface area (Å²) in [5, 5.41) is 14.9. The molecule has 5 rings (SSSR count). The van der Waals surface area contributed by atoms with Crippen molar-refractivity contribution in [2.45, 2.75) is 43.6 Å². The van der Waals surface area contributed by atoms with Crippen molar-refractivity contribution >= 4 is 16.8 Å². The van der Waals surface area contributed by atoms with Crippen LogP contribution >= 0.6 is 0 Å². The highest BCUT2D eigenvalue weighted by atomic mass is 19.3. The molecule has 1 aromatic heterocycles. The molecule has 6 nitrogen and oxygen atoms in total. The second-order valence-corrected chi connectivity index (χ2v) is 8.43. The first-order valence-corrected chi connectivity index (χ1v) is 9.98. The van der Waals surface area contributed by atoms with Crippen LogP contribution in [-0.2, 0) is 11.8 Å². The van der Waals surface area contributed by atoms with Gasteiger partial charge in [-0.25, -0.2) is 8.78 Å². The minimum atomic E-state index is -2.66. The highest BCUT2D eigenvalue weighted by Crippen LogP contribution is 2.51. The third-order valence-corrected chi connectivity index (χ3v) is 6.02. The SMILES string of the molecule is Cn1cc2cc(OC3=CCC(F)(F)CC3)cc(C3C[C@H]3C(=O)N3CC(O)C3)c2n1. The molecule has 2 aromatic rings. The Balaban J connectivity index is 1.40. The molecule has 29 heavy (non-hydrogen) atoms. The topological polar surface area (TPSA) is 67.6 Å². The Morgan fingerprint density at radius 3 is 2.83 bits per heavy atom. The molecule has 3 aliphatic rings. The minimum Gasteiger partial charge on any atom is -0.462 e. The van der Waals surface area contributed by atoms with Crippen LogP contribution < -0.4 is 4.74 Å². The molecule has 1 saturated carbocycles. The van der Waals surface area contributed by atoms with Crippen LogP contribution in [0.15, 0.2) is 30.2 Å². The maximum absolute atomic E-state index is 13.4. The van der Waals surface area contributed by atoms with Gasteiger partial charge in [0.15, 0.2) is 0 Å². The van der Waals surface area contributed by atoms with E-state index in [4.69, 9.17) is 4.74 Å². The largest absolute Gasteiger partial charge is 0.462 e. The van der Waals surface area contributed by atoms with E-state index < -0.39 is 12.0 Å². The molecule has 2 fully saturated rings. The second-order valence-electron chi connectivity index (χ2n) is 8.43. The summed E-state index contributed by atoms with van der Waals surface area (Å²) in [5.41, 5.74) is 1.80. The van der Waals surface area contributed by atoms with Crippen LogP contribution in [0.1, 0.15) is 37.2 Å². The molecule has 0 radical (unpaired) electrons. The first-order chi connectivity index (χ1) is 13.8. The van der Waals surface area contributed by atoms with Gasteiger partial charge in [0, 0.05) is 56.9 Å². The van der Waals surface area contributed by atoms with Crippen molar-refractivity contribution in [2.24, 2.45) is 13.0 Å². The summed E-state index contributed by atoms with van der Waals surface area (Å²) in [4.78, 5) is 14.3. The average Bonchev–Trinajstić information content (AvgIpc) is 3.34. The maximum Gasteiger partial charge on any atom is 0.252 e. The van der Waals surface area contributed by atoms with Crippen LogP contribution in [-0.4, -0.2) is 50.8 Å². The van der Waals surface area contributed by atoms with Crippen molar-refractivity contribution in [1.82, 2.24) is 14.7 Å². The van der Waals surface area contributed by atoms with Crippen LogP contribution in [0.3, 0.4) is 0 Å². The Hall–Kier alpha value is -2.48. The standard InChI is InChI=1S/C21H23F2N3O3/c1-25-9-12-6-15(29-14-2-4-21(22,23)5-3-14)7-17(19(12)24-25)16-8-18(16)20(28)26-10-13(27)11-26/h2,6-7,9,13,16,18,27H,3-5,8,10-11H2,1H3/t16?,18-/m1/s1. The van der Waals surface area contributed by atoms with E-state index in [1.807, 2.05) is 25.4 Å². The van der Waals surface area contributed by atoms with Crippen LogP contribution in [0.25, 0.3) is 10.9 Å². The summed E-state index contributed by atoms with van der Waals surface area (Å²) in [5.74, 6) is -1.47. The summed E-state index contributed by atoms with van der Waals surface area (Å²) >= 11 is 0. The fraction of sp³-hybridized carbons (Fsp3) is 0.524. The molecule has 0 spiro atoms. The summed E-state index contributed by atoms with van der Waals surface area (Å²) in [6, 6.07) is 3.76. The number of halogens is 2. The van der Waals surface area contributed by atoms with E-state index in [9.17, 15) is 18.7 Å². The van der Waals surface area contributed by atoms with Gasteiger partial charge in [-0.2, -0.15) is 5.10 Å². The summed E-state index contributed by atoms with van der Waals surface area (Å²) in [6.07, 6.45) is 3.39. The Morgan fingerprint density at radius 2 is 2.14 bits per heavy atom. The predicted octanol–water partition coefficient (Wildman–Crippen LogP) is 2.96. The molecule has 2 aliphatic carbocycles. The monoisotopic (exact) mass is 403 g/mol. The number of amides is 1. The minimum absolute atomic E-state index is 0.0610. The number of hydrogen-bond donors (Lipinski definition) is 1. The molecule has 1 aliphatic heterocycles. The molecule has 1 aromatic carbocycles. The summed E-state index contributed by atoms with van der Waals surface area (Å²) in [7, 11) is 1.84. The number of carbonyl (C=O) groups is 1. The first-order valence-electron chi connectivity index (χ1n) is 9.98. The number of likely N-dealkylation sites (tertiary alicyclic amines) is 1. The van der Waals surface area contributed by atoms with E-state index in [0.29, 0.717) is 24.6 Å².